The standard InChI is InChI=1S/C12H23NO4/c1-12(5-3-4-10(12)13)11(14)17-9-8-16-7-6-15-2/h10H,3-9,13H2,1-2H3. The molecule has 1 aliphatic carbocycles. The van der Waals surface area contributed by atoms with E-state index >= 15 is 0 Å². The van der Waals surface area contributed by atoms with Crippen molar-refractivity contribution in [3.8, 4) is 0 Å². The summed E-state index contributed by atoms with van der Waals surface area (Å²) in [5, 5.41) is 0. The zero-order valence-electron chi connectivity index (χ0n) is 10.7. The van der Waals surface area contributed by atoms with E-state index in [9.17, 15) is 4.79 Å². The van der Waals surface area contributed by atoms with E-state index in [1.54, 1.807) is 7.11 Å². The largest absolute Gasteiger partial charge is 0.463 e. The van der Waals surface area contributed by atoms with Gasteiger partial charge in [0.05, 0.1) is 25.2 Å². The SMILES string of the molecule is COCCOCCOC(=O)C1(C)CCCC1N. The van der Waals surface area contributed by atoms with Crippen LogP contribution >= 0.6 is 0 Å². The highest BCUT2D eigenvalue weighted by Crippen LogP contribution is 2.37. The molecule has 5 heteroatoms. The maximum atomic E-state index is 11.9. The van der Waals surface area contributed by atoms with Crippen LogP contribution in [-0.2, 0) is 19.0 Å². The highest BCUT2D eigenvalue weighted by molar-refractivity contribution is 5.77. The van der Waals surface area contributed by atoms with E-state index in [2.05, 4.69) is 0 Å². The molecule has 100 valence electrons. The Morgan fingerprint density at radius 3 is 2.65 bits per heavy atom. The van der Waals surface area contributed by atoms with Crippen LogP contribution in [0.5, 0.6) is 0 Å². The van der Waals surface area contributed by atoms with Crippen molar-refractivity contribution in [3.63, 3.8) is 0 Å². The topological polar surface area (TPSA) is 70.8 Å². The molecule has 1 rings (SSSR count). The molecule has 17 heavy (non-hydrogen) atoms. The molecule has 0 saturated heterocycles. The van der Waals surface area contributed by atoms with Gasteiger partial charge in [-0.3, -0.25) is 4.79 Å². The zero-order valence-corrected chi connectivity index (χ0v) is 10.7. The first kappa shape index (κ1) is 14.4. The Labute approximate surface area is 103 Å². The summed E-state index contributed by atoms with van der Waals surface area (Å²) in [5.41, 5.74) is 5.43. The summed E-state index contributed by atoms with van der Waals surface area (Å²) in [6, 6.07) is -0.0793. The van der Waals surface area contributed by atoms with E-state index in [4.69, 9.17) is 19.9 Å². The Balaban J connectivity index is 2.16. The number of hydrogen-bond donors (Lipinski definition) is 1. The fraction of sp³-hybridized carbons (Fsp3) is 0.917. The van der Waals surface area contributed by atoms with Gasteiger partial charge in [0.2, 0.25) is 0 Å². The molecule has 5 nitrogen and oxygen atoms in total. The summed E-state index contributed by atoms with van der Waals surface area (Å²) < 4.78 is 15.2. The maximum absolute atomic E-state index is 11.9. The van der Waals surface area contributed by atoms with Crippen LogP contribution in [0.2, 0.25) is 0 Å². The number of carbonyl (C=O) groups is 1. The summed E-state index contributed by atoms with van der Waals surface area (Å²) in [4.78, 5) is 11.9. The van der Waals surface area contributed by atoms with Crippen molar-refractivity contribution in [2.75, 3.05) is 33.5 Å². The fourth-order valence-electron chi connectivity index (χ4n) is 2.05. The Bertz CT molecular complexity index is 247. The predicted molar refractivity (Wildman–Crippen MR) is 63.6 cm³/mol. The van der Waals surface area contributed by atoms with Crippen molar-refractivity contribution in [3.05, 3.63) is 0 Å². The second-order valence-electron chi connectivity index (χ2n) is 4.66. The van der Waals surface area contributed by atoms with E-state index < -0.39 is 5.41 Å². The Morgan fingerprint density at radius 1 is 1.35 bits per heavy atom. The normalized spacial score (nSPS) is 28.3. The van der Waals surface area contributed by atoms with Gasteiger partial charge in [0.1, 0.15) is 6.61 Å². The van der Waals surface area contributed by atoms with E-state index in [1.165, 1.54) is 0 Å². The molecular weight excluding hydrogens is 222 g/mol. The first-order valence-corrected chi connectivity index (χ1v) is 6.11. The van der Waals surface area contributed by atoms with Crippen molar-refractivity contribution >= 4 is 5.97 Å². The van der Waals surface area contributed by atoms with Crippen molar-refractivity contribution in [1.82, 2.24) is 0 Å². The average Bonchev–Trinajstić information content (AvgIpc) is 2.65. The Kier molecular flexibility index (Phi) is 5.88. The molecule has 0 aromatic carbocycles. The van der Waals surface area contributed by atoms with E-state index in [1.807, 2.05) is 6.92 Å². The highest BCUT2D eigenvalue weighted by atomic mass is 16.6. The third-order valence-electron chi connectivity index (χ3n) is 3.39. The highest BCUT2D eigenvalue weighted by Gasteiger charge is 2.44. The van der Waals surface area contributed by atoms with Crippen LogP contribution in [0.4, 0.5) is 0 Å². The van der Waals surface area contributed by atoms with Crippen LogP contribution in [0.3, 0.4) is 0 Å². The molecule has 0 heterocycles. The summed E-state index contributed by atoms with van der Waals surface area (Å²) in [7, 11) is 1.62. The van der Waals surface area contributed by atoms with E-state index in [0.29, 0.717) is 19.8 Å². The van der Waals surface area contributed by atoms with Gasteiger partial charge in [-0.05, 0) is 19.8 Å². The average molecular weight is 245 g/mol. The van der Waals surface area contributed by atoms with Crippen LogP contribution in [0.15, 0.2) is 0 Å². The molecule has 2 N–H and O–H groups in total. The molecular formula is C12H23NO4. The van der Waals surface area contributed by atoms with Gasteiger partial charge in [-0.2, -0.15) is 0 Å². The molecule has 0 aliphatic heterocycles. The number of nitrogens with two attached hydrogens (primary N) is 1. The van der Waals surface area contributed by atoms with E-state index in [-0.39, 0.29) is 18.6 Å². The maximum Gasteiger partial charge on any atom is 0.313 e. The number of ether oxygens (including phenoxy) is 3. The van der Waals surface area contributed by atoms with Gasteiger partial charge in [0.15, 0.2) is 0 Å². The molecule has 1 fully saturated rings. The summed E-state index contributed by atoms with van der Waals surface area (Å²) in [5.74, 6) is -0.196. The minimum Gasteiger partial charge on any atom is -0.463 e. The van der Waals surface area contributed by atoms with Gasteiger partial charge in [0, 0.05) is 13.2 Å². The lowest BCUT2D eigenvalue weighted by molar-refractivity contribution is -0.157. The lowest BCUT2D eigenvalue weighted by Crippen LogP contribution is -2.42. The molecule has 0 amide bonds. The minimum absolute atomic E-state index is 0.0793. The summed E-state index contributed by atoms with van der Waals surface area (Å²) in [6.07, 6.45) is 2.71. The van der Waals surface area contributed by atoms with Crippen LogP contribution < -0.4 is 5.73 Å². The summed E-state index contributed by atoms with van der Waals surface area (Å²) in [6.45, 7) is 3.64. The number of carbonyl (C=O) groups excluding carboxylic acids is 1. The first-order valence-electron chi connectivity index (χ1n) is 6.11. The van der Waals surface area contributed by atoms with E-state index in [0.717, 1.165) is 19.3 Å². The Hall–Kier alpha value is -0.650. The number of esters is 1. The third-order valence-corrected chi connectivity index (χ3v) is 3.39. The van der Waals surface area contributed by atoms with Gasteiger partial charge >= 0.3 is 5.97 Å². The van der Waals surface area contributed by atoms with Gasteiger partial charge in [-0.25, -0.2) is 0 Å². The monoisotopic (exact) mass is 245 g/mol. The lowest BCUT2D eigenvalue weighted by atomic mass is 9.85. The molecule has 0 bridgehead atoms. The zero-order chi connectivity index (χ0) is 12.7. The molecule has 2 unspecified atom stereocenters. The van der Waals surface area contributed by atoms with Crippen molar-refractivity contribution in [2.45, 2.75) is 32.2 Å². The third kappa shape index (κ3) is 3.94. The van der Waals surface area contributed by atoms with Gasteiger partial charge < -0.3 is 19.9 Å². The van der Waals surface area contributed by atoms with Crippen LogP contribution in [-0.4, -0.2) is 45.5 Å². The number of rotatable bonds is 7. The molecule has 1 aliphatic rings. The molecule has 0 aromatic heterocycles. The quantitative estimate of drug-likeness (QED) is 0.528. The lowest BCUT2D eigenvalue weighted by Gasteiger charge is -2.26. The molecule has 0 aromatic rings. The van der Waals surface area contributed by atoms with Crippen molar-refractivity contribution in [1.29, 1.82) is 0 Å². The van der Waals surface area contributed by atoms with Crippen molar-refractivity contribution in [2.24, 2.45) is 11.1 Å². The van der Waals surface area contributed by atoms with Crippen LogP contribution in [0.25, 0.3) is 0 Å². The van der Waals surface area contributed by atoms with Gasteiger partial charge in [0.25, 0.3) is 0 Å². The van der Waals surface area contributed by atoms with Gasteiger partial charge in [-0.15, -0.1) is 0 Å². The Morgan fingerprint density at radius 2 is 2.06 bits per heavy atom. The van der Waals surface area contributed by atoms with Crippen LogP contribution in [0.1, 0.15) is 26.2 Å². The second kappa shape index (κ2) is 6.93. The first-order chi connectivity index (χ1) is 8.11. The number of methoxy groups -OCH3 is 1. The summed E-state index contributed by atoms with van der Waals surface area (Å²) >= 11 is 0. The van der Waals surface area contributed by atoms with Crippen molar-refractivity contribution < 1.29 is 19.0 Å². The van der Waals surface area contributed by atoms with Gasteiger partial charge in [-0.1, -0.05) is 6.42 Å². The predicted octanol–water partition coefficient (Wildman–Crippen LogP) is 0.710. The second-order valence-corrected chi connectivity index (χ2v) is 4.66. The molecule has 0 spiro atoms. The smallest absolute Gasteiger partial charge is 0.313 e. The molecule has 1 saturated carbocycles. The molecule has 2 atom stereocenters. The van der Waals surface area contributed by atoms with Crippen LogP contribution in [0, 0.1) is 5.41 Å². The molecule has 0 radical (unpaired) electrons. The number of hydrogen-bond acceptors (Lipinski definition) is 5. The minimum atomic E-state index is -0.507. The fourth-order valence-corrected chi connectivity index (χ4v) is 2.05.